The van der Waals surface area contributed by atoms with Crippen molar-refractivity contribution in [2.24, 2.45) is 0 Å². The number of anilines is 1. The summed E-state index contributed by atoms with van der Waals surface area (Å²) in [6.45, 7) is 0.633. The number of hydrogen-bond acceptors (Lipinski definition) is 2. The Morgan fingerprint density at radius 2 is 1.67 bits per heavy atom. The molecule has 0 aromatic heterocycles. The molecule has 0 bridgehead atoms. The zero-order valence-corrected chi connectivity index (χ0v) is 11.3. The Morgan fingerprint density at radius 3 is 2.44 bits per heavy atom. The first kappa shape index (κ1) is 13.1. The van der Waals surface area contributed by atoms with Gasteiger partial charge in [-0.15, -0.1) is 0 Å². The minimum absolute atomic E-state index is 0.150. The summed E-state index contributed by atoms with van der Waals surface area (Å²) in [5.41, 5.74) is 7.14. The van der Waals surface area contributed by atoms with Crippen LogP contribution in [0, 0.1) is 5.82 Å². The molecule has 0 aliphatic heterocycles. The lowest BCUT2D eigenvalue weighted by molar-refractivity contribution is 0.104. The molecule has 0 amide bonds. The highest BCUT2D eigenvalue weighted by Gasteiger charge is 2.06. The van der Waals surface area contributed by atoms with Gasteiger partial charge in [0.2, 0.25) is 0 Å². The van der Waals surface area contributed by atoms with Crippen LogP contribution in [0.5, 0.6) is 0 Å². The molecule has 94 valence electrons. The van der Waals surface area contributed by atoms with Gasteiger partial charge in [-0.1, -0.05) is 46.3 Å². The van der Waals surface area contributed by atoms with Gasteiger partial charge in [0, 0.05) is 10.0 Å². The van der Waals surface area contributed by atoms with E-state index in [0.717, 1.165) is 10.0 Å². The summed E-state index contributed by atoms with van der Waals surface area (Å²) < 4.78 is 20.1. The van der Waals surface area contributed by atoms with Gasteiger partial charge in [-0.25, -0.2) is 4.39 Å². The van der Waals surface area contributed by atoms with Crippen molar-refractivity contribution in [1.82, 2.24) is 0 Å². The zero-order chi connectivity index (χ0) is 13.0. The maximum Gasteiger partial charge on any atom is 0.151 e. The van der Waals surface area contributed by atoms with E-state index in [1.165, 1.54) is 6.07 Å². The van der Waals surface area contributed by atoms with Crippen LogP contribution in [0.4, 0.5) is 10.1 Å². The van der Waals surface area contributed by atoms with Gasteiger partial charge in [0.15, 0.2) is 5.82 Å². The maximum absolute atomic E-state index is 13.6. The lowest BCUT2D eigenvalue weighted by atomic mass is 10.2. The number of rotatable bonds is 4. The van der Waals surface area contributed by atoms with E-state index in [-0.39, 0.29) is 12.3 Å². The second kappa shape index (κ2) is 5.98. The second-order valence-electron chi connectivity index (χ2n) is 3.90. The Bertz CT molecular complexity index is 545. The molecule has 4 heteroatoms. The molecule has 0 saturated carbocycles. The first-order chi connectivity index (χ1) is 8.68. The van der Waals surface area contributed by atoms with Gasteiger partial charge in [0.05, 0.1) is 18.9 Å². The number of ether oxygens (including phenoxy) is 1. The molecule has 0 spiro atoms. The first-order valence-electron chi connectivity index (χ1n) is 5.52. The van der Waals surface area contributed by atoms with E-state index in [9.17, 15) is 4.39 Å². The van der Waals surface area contributed by atoms with E-state index in [2.05, 4.69) is 15.9 Å². The molecule has 0 radical (unpaired) electrons. The Kier molecular flexibility index (Phi) is 4.33. The Hall–Kier alpha value is -1.39. The van der Waals surface area contributed by atoms with Crippen LogP contribution in [0.3, 0.4) is 0 Å². The molecule has 0 saturated heterocycles. The fourth-order valence-electron chi connectivity index (χ4n) is 1.60. The van der Waals surface area contributed by atoms with Crippen LogP contribution in [-0.4, -0.2) is 0 Å². The molecule has 2 aromatic carbocycles. The molecule has 0 unspecified atom stereocenters. The number of nitrogen functional groups attached to an aromatic ring is 1. The molecular formula is C14H13BrFNO. The summed E-state index contributed by atoms with van der Waals surface area (Å²) in [7, 11) is 0. The highest BCUT2D eigenvalue weighted by atomic mass is 79.9. The molecule has 0 fully saturated rings. The average Bonchev–Trinajstić information content (AvgIpc) is 2.37. The molecule has 2 nitrogen and oxygen atoms in total. The summed E-state index contributed by atoms with van der Waals surface area (Å²) in [5, 5.41) is 0. The summed E-state index contributed by atoms with van der Waals surface area (Å²) in [6.07, 6.45) is 0. The second-order valence-corrected chi connectivity index (χ2v) is 4.76. The Labute approximate surface area is 114 Å². The van der Waals surface area contributed by atoms with Gasteiger partial charge in [-0.2, -0.15) is 0 Å². The molecule has 2 aromatic rings. The summed E-state index contributed by atoms with van der Waals surface area (Å²) in [6, 6.07) is 12.7. The summed E-state index contributed by atoms with van der Waals surface area (Å²) in [4.78, 5) is 0. The quantitative estimate of drug-likeness (QED) is 0.870. The van der Waals surface area contributed by atoms with Crippen molar-refractivity contribution < 1.29 is 9.13 Å². The van der Waals surface area contributed by atoms with Crippen molar-refractivity contribution in [2.45, 2.75) is 13.2 Å². The van der Waals surface area contributed by atoms with Gasteiger partial charge in [0.1, 0.15) is 0 Å². The molecule has 18 heavy (non-hydrogen) atoms. The van der Waals surface area contributed by atoms with E-state index in [4.69, 9.17) is 10.5 Å². The SMILES string of the molecule is Nc1cccc(COCc2ccccc2Br)c1F. The third-order valence-corrected chi connectivity index (χ3v) is 3.36. The van der Waals surface area contributed by atoms with Crippen molar-refractivity contribution in [3.05, 3.63) is 63.9 Å². The number of benzene rings is 2. The van der Waals surface area contributed by atoms with Crippen molar-refractivity contribution in [2.75, 3.05) is 5.73 Å². The van der Waals surface area contributed by atoms with Gasteiger partial charge in [0.25, 0.3) is 0 Å². The monoisotopic (exact) mass is 309 g/mol. The fraction of sp³-hybridized carbons (Fsp3) is 0.143. The van der Waals surface area contributed by atoms with Crippen LogP contribution < -0.4 is 5.73 Å². The topological polar surface area (TPSA) is 35.2 Å². The summed E-state index contributed by atoms with van der Waals surface area (Å²) in [5.74, 6) is -0.398. The molecule has 0 aliphatic carbocycles. The largest absolute Gasteiger partial charge is 0.396 e. The third kappa shape index (κ3) is 3.09. The molecule has 0 atom stereocenters. The fourth-order valence-corrected chi connectivity index (χ4v) is 2.00. The van der Waals surface area contributed by atoms with Crippen molar-refractivity contribution in [3.63, 3.8) is 0 Å². The standard InChI is InChI=1S/C14H13BrFNO/c15-12-6-2-1-4-10(12)8-18-9-11-5-3-7-13(17)14(11)16/h1-7H,8-9,17H2. The van der Waals surface area contributed by atoms with E-state index in [1.54, 1.807) is 12.1 Å². The lowest BCUT2D eigenvalue weighted by Crippen LogP contribution is -2.00. The van der Waals surface area contributed by atoms with E-state index < -0.39 is 5.82 Å². The van der Waals surface area contributed by atoms with Crippen LogP contribution in [0.25, 0.3) is 0 Å². The number of hydrogen-bond donors (Lipinski definition) is 1. The van der Waals surface area contributed by atoms with Gasteiger partial charge in [-0.05, 0) is 17.7 Å². The van der Waals surface area contributed by atoms with Gasteiger partial charge >= 0.3 is 0 Å². The van der Waals surface area contributed by atoms with Gasteiger partial charge < -0.3 is 10.5 Å². The Balaban J connectivity index is 1.97. The van der Waals surface area contributed by atoms with Crippen LogP contribution in [0.1, 0.15) is 11.1 Å². The normalized spacial score (nSPS) is 10.6. The molecule has 2 N–H and O–H groups in total. The number of nitrogens with two attached hydrogens (primary N) is 1. The third-order valence-electron chi connectivity index (χ3n) is 2.58. The smallest absolute Gasteiger partial charge is 0.151 e. The minimum atomic E-state index is -0.398. The molecule has 0 heterocycles. The number of halogens is 2. The zero-order valence-electron chi connectivity index (χ0n) is 9.70. The minimum Gasteiger partial charge on any atom is -0.396 e. The van der Waals surface area contributed by atoms with Crippen LogP contribution in [-0.2, 0) is 18.0 Å². The van der Waals surface area contributed by atoms with Crippen LogP contribution >= 0.6 is 15.9 Å². The highest BCUT2D eigenvalue weighted by Crippen LogP contribution is 2.19. The van der Waals surface area contributed by atoms with Gasteiger partial charge in [-0.3, -0.25) is 0 Å². The van der Waals surface area contributed by atoms with Crippen LogP contribution in [0.15, 0.2) is 46.9 Å². The first-order valence-corrected chi connectivity index (χ1v) is 6.32. The van der Waals surface area contributed by atoms with Crippen LogP contribution in [0.2, 0.25) is 0 Å². The molecule has 2 rings (SSSR count). The summed E-state index contributed by atoms with van der Waals surface area (Å²) >= 11 is 3.43. The van der Waals surface area contributed by atoms with Crippen molar-refractivity contribution >= 4 is 21.6 Å². The molecular weight excluding hydrogens is 297 g/mol. The van der Waals surface area contributed by atoms with E-state index in [1.807, 2.05) is 24.3 Å². The maximum atomic E-state index is 13.6. The lowest BCUT2D eigenvalue weighted by Gasteiger charge is -2.08. The highest BCUT2D eigenvalue weighted by molar-refractivity contribution is 9.10. The predicted octanol–water partition coefficient (Wildman–Crippen LogP) is 3.89. The average molecular weight is 310 g/mol. The van der Waals surface area contributed by atoms with E-state index >= 15 is 0 Å². The van der Waals surface area contributed by atoms with Crippen molar-refractivity contribution in [1.29, 1.82) is 0 Å². The predicted molar refractivity (Wildman–Crippen MR) is 73.4 cm³/mol. The Morgan fingerprint density at radius 1 is 1.00 bits per heavy atom. The van der Waals surface area contributed by atoms with E-state index in [0.29, 0.717) is 12.2 Å². The van der Waals surface area contributed by atoms with Crippen molar-refractivity contribution in [3.8, 4) is 0 Å². The molecule has 0 aliphatic rings.